The number of terminal acetylenes is 1. The van der Waals surface area contributed by atoms with Crippen LogP contribution in [0.4, 0.5) is 0 Å². The van der Waals surface area contributed by atoms with Crippen molar-refractivity contribution < 1.29 is 9.47 Å². The molecule has 1 aliphatic carbocycles. The molecule has 4 unspecified atom stereocenters. The first-order chi connectivity index (χ1) is 6.40. The lowest BCUT2D eigenvalue weighted by Gasteiger charge is -2.14. The summed E-state index contributed by atoms with van der Waals surface area (Å²) in [7, 11) is 0. The van der Waals surface area contributed by atoms with E-state index in [9.17, 15) is 0 Å². The molecular formula is C11H14O2. The van der Waals surface area contributed by atoms with E-state index in [1.165, 1.54) is 12.8 Å². The quantitative estimate of drug-likeness (QED) is 0.559. The minimum Gasteiger partial charge on any atom is -0.374 e. The Bertz CT molecular complexity index is 251. The van der Waals surface area contributed by atoms with E-state index in [1.807, 2.05) is 0 Å². The van der Waals surface area contributed by atoms with Crippen LogP contribution in [0.3, 0.4) is 0 Å². The molecule has 0 aromatic carbocycles. The summed E-state index contributed by atoms with van der Waals surface area (Å²) in [4.78, 5) is 0. The van der Waals surface area contributed by atoms with Gasteiger partial charge >= 0.3 is 0 Å². The highest BCUT2D eigenvalue weighted by Gasteiger charge is 2.51. The van der Waals surface area contributed by atoms with Crippen molar-refractivity contribution in [3.8, 4) is 12.3 Å². The van der Waals surface area contributed by atoms with Gasteiger partial charge < -0.3 is 9.47 Å². The molecule has 0 radical (unpaired) electrons. The van der Waals surface area contributed by atoms with Crippen molar-refractivity contribution in [2.45, 2.75) is 25.0 Å². The van der Waals surface area contributed by atoms with Crippen LogP contribution >= 0.6 is 0 Å². The van der Waals surface area contributed by atoms with E-state index in [0.29, 0.717) is 18.6 Å². The Labute approximate surface area is 78.6 Å². The van der Waals surface area contributed by atoms with E-state index in [0.717, 1.165) is 12.5 Å². The third-order valence-electron chi connectivity index (χ3n) is 3.53. The fraction of sp³-hybridized carbons (Fsp3) is 0.818. The van der Waals surface area contributed by atoms with Crippen molar-refractivity contribution >= 4 is 0 Å². The normalized spacial score (nSPS) is 48.8. The van der Waals surface area contributed by atoms with E-state index in [1.54, 1.807) is 0 Å². The van der Waals surface area contributed by atoms with Crippen molar-refractivity contribution in [3.05, 3.63) is 0 Å². The van der Waals surface area contributed by atoms with Gasteiger partial charge in [-0.1, -0.05) is 5.92 Å². The van der Waals surface area contributed by atoms with E-state index >= 15 is 0 Å². The first-order valence-corrected chi connectivity index (χ1v) is 5.09. The van der Waals surface area contributed by atoms with E-state index in [-0.39, 0.29) is 12.0 Å². The Balaban J connectivity index is 1.76. The highest BCUT2D eigenvalue weighted by molar-refractivity contribution is 5.08. The molecule has 0 aromatic heterocycles. The predicted octanol–water partition coefficient (Wildman–Crippen LogP) is 1.06. The van der Waals surface area contributed by atoms with E-state index < -0.39 is 0 Å². The van der Waals surface area contributed by atoms with Gasteiger partial charge in [0.05, 0.1) is 31.3 Å². The number of rotatable bonds is 1. The zero-order chi connectivity index (χ0) is 8.84. The maximum atomic E-state index is 5.73. The van der Waals surface area contributed by atoms with Gasteiger partial charge in [0.1, 0.15) is 0 Å². The van der Waals surface area contributed by atoms with Crippen molar-refractivity contribution in [3.63, 3.8) is 0 Å². The van der Waals surface area contributed by atoms with Gasteiger partial charge in [0.15, 0.2) is 0 Å². The summed E-state index contributed by atoms with van der Waals surface area (Å²) >= 11 is 0. The molecule has 1 saturated carbocycles. The lowest BCUT2D eigenvalue weighted by Crippen LogP contribution is -2.26. The fourth-order valence-electron chi connectivity index (χ4n) is 2.60. The molecule has 13 heavy (non-hydrogen) atoms. The van der Waals surface area contributed by atoms with Gasteiger partial charge in [0, 0.05) is 5.92 Å². The Morgan fingerprint density at radius 3 is 2.54 bits per heavy atom. The van der Waals surface area contributed by atoms with Crippen molar-refractivity contribution in [2.24, 2.45) is 17.8 Å². The largest absolute Gasteiger partial charge is 0.374 e. The van der Waals surface area contributed by atoms with Crippen LogP contribution in [0.2, 0.25) is 0 Å². The highest BCUT2D eigenvalue weighted by atomic mass is 16.6. The summed E-state index contributed by atoms with van der Waals surface area (Å²) in [5.74, 6) is 4.48. The Morgan fingerprint density at radius 2 is 1.85 bits per heavy atom. The van der Waals surface area contributed by atoms with Gasteiger partial charge in [0.2, 0.25) is 0 Å². The molecule has 0 bridgehead atoms. The van der Waals surface area contributed by atoms with Crippen LogP contribution in [0.25, 0.3) is 0 Å². The Morgan fingerprint density at radius 1 is 1.08 bits per heavy atom. The summed E-state index contributed by atoms with van der Waals surface area (Å²) in [6, 6.07) is 0. The first-order valence-electron chi connectivity index (χ1n) is 5.09. The van der Waals surface area contributed by atoms with Crippen LogP contribution in [0.1, 0.15) is 12.8 Å². The summed E-state index contributed by atoms with van der Waals surface area (Å²) in [6.07, 6.45) is 8.66. The standard InChI is InChI=1S/C11H14O2/c1-2-7-5-12-11-9(8-3-4-8)6-13-10(7)11/h1,7-11H,3-6H2. The number of fused-ring (bicyclic) bond motifs is 1. The maximum absolute atomic E-state index is 5.73. The second-order valence-corrected chi connectivity index (χ2v) is 4.37. The summed E-state index contributed by atoms with van der Waals surface area (Å²) in [6.45, 7) is 1.58. The van der Waals surface area contributed by atoms with E-state index in [4.69, 9.17) is 15.9 Å². The van der Waals surface area contributed by atoms with Crippen molar-refractivity contribution in [1.29, 1.82) is 0 Å². The number of hydrogen-bond donors (Lipinski definition) is 0. The molecule has 2 heterocycles. The Kier molecular flexibility index (Phi) is 1.65. The fourth-order valence-corrected chi connectivity index (χ4v) is 2.60. The molecule has 0 amide bonds. The summed E-state index contributed by atoms with van der Waals surface area (Å²) < 4.78 is 11.5. The smallest absolute Gasteiger partial charge is 0.0999 e. The topological polar surface area (TPSA) is 18.5 Å². The average Bonchev–Trinajstić information content (AvgIpc) is 2.78. The summed E-state index contributed by atoms with van der Waals surface area (Å²) in [5.41, 5.74) is 0. The van der Waals surface area contributed by atoms with Crippen LogP contribution in [-0.4, -0.2) is 25.4 Å². The molecular weight excluding hydrogens is 164 g/mol. The molecule has 0 aromatic rings. The molecule has 0 spiro atoms. The van der Waals surface area contributed by atoms with Gasteiger partial charge in [-0.2, -0.15) is 0 Å². The van der Waals surface area contributed by atoms with Crippen LogP contribution in [0.5, 0.6) is 0 Å². The van der Waals surface area contributed by atoms with Crippen LogP contribution in [0.15, 0.2) is 0 Å². The molecule has 2 aliphatic heterocycles. The van der Waals surface area contributed by atoms with Crippen LogP contribution in [0, 0.1) is 30.1 Å². The van der Waals surface area contributed by atoms with Gasteiger partial charge in [0.25, 0.3) is 0 Å². The minimum atomic E-state index is 0.203. The monoisotopic (exact) mass is 178 g/mol. The molecule has 2 saturated heterocycles. The zero-order valence-corrected chi connectivity index (χ0v) is 7.61. The van der Waals surface area contributed by atoms with Gasteiger partial charge in [-0.15, -0.1) is 6.42 Å². The lowest BCUT2D eigenvalue weighted by atomic mass is 9.93. The van der Waals surface area contributed by atoms with Gasteiger partial charge in [-0.25, -0.2) is 0 Å². The van der Waals surface area contributed by atoms with Crippen LogP contribution < -0.4 is 0 Å². The van der Waals surface area contributed by atoms with E-state index in [2.05, 4.69) is 5.92 Å². The maximum Gasteiger partial charge on any atom is 0.0999 e. The molecule has 3 fully saturated rings. The predicted molar refractivity (Wildman–Crippen MR) is 48.0 cm³/mol. The highest BCUT2D eigenvalue weighted by Crippen LogP contribution is 2.46. The molecule has 0 N–H and O–H groups in total. The van der Waals surface area contributed by atoms with Gasteiger partial charge in [-0.05, 0) is 18.8 Å². The average molecular weight is 178 g/mol. The molecule has 3 rings (SSSR count). The summed E-state index contributed by atoms with van der Waals surface area (Å²) in [5, 5.41) is 0. The molecule has 2 heteroatoms. The first kappa shape index (κ1) is 7.84. The second-order valence-electron chi connectivity index (χ2n) is 4.37. The number of hydrogen-bond acceptors (Lipinski definition) is 2. The molecule has 3 aliphatic rings. The molecule has 70 valence electrons. The van der Waals surface area contributed by atoms with Crippen molar-refractivity contribution in [2.75, 3.05) is 13.2 Å². The third-order valence-corrected chi connectivity index (χ3v) is 3.53. The SMILES string of the molecule is C#CC1COC2C(C3CC3)COC12. The van der Waals surface area contributed by atoms with Crippen LogP contribution in [-0.2, 0) is 9.47 Å². The van der Waals surface area contributed by atoms with Crippen molar-refractivity contribution in [1.82, 2.24) is 0 Å². The number of ether oxygens (including phenoxy) is 2. The Hall–Kier alpha value is -0.520. The lowest BCUT2D eigenvalue weighted by molar-refractivity contribution is 0.0596. The third kappa shape index (κ3) is 1.11. The zero-order valence-electron chi connectivity index (χ0n) is 7.61. The van der Waals surface area contributed by atoms with Gasteiger partial charge in [-0.3, -0.25) is 0 Å². The second kappa shape index (κ2) is 2.73. The molecule has 2 nitrogen and oxygen atoms in total. The molecule has 4 atom stereocenters. The minimum absolute atomic E-state index is 0.203.